The first-order valence-corrected chi connectivity index (χ1v) is 9.15. The SMILES string of the molecule is Cc1csc(/C(=C/c2ccc(C=O)cc2)c2nc3ccccc3n2C)n1. The van der Waals surface area contributed by atoms with Gasteiger partial charge in [0.2, 0.25) is 0 Å². The Bertz CT molecular complexity index is 1120. The van der Waals surface area contributed by atoms with Gasteiger partial charge in [0.05, 0.1) is 16.6 Å². The van der Waals surface area contributed by atoms with Gasteiger partial charge >= 0.3 is 0 Å². The molecule has 0 aliphatic heterocycles. The van der Waals surface area contributed by atoms with Gasteiger partial charge < -0.3 is 4.57 Å². The van der Waals surface area contributed by atoms with Crippen molar-refractivity contribution in [3.8, 4) is 0 Å². The minimum absolute atomic E-state index is 0.663. The molecule has 2 aromatic heterocycles. The summed E-state index contributed by atoms with van der Waals surface area (Å²) in [5.41, 5.74) is 5.67. The minimum Gasteiger partial charge on any atom is -0.327 e. The zero-order valence-electron chi connectivity index (χ0n) is 14.5. The summed E-state index contributed by atoms with van der Waals surface area (Å²) in [6, 6.07) is 15.6. The van der Waals surface area contributed by atoms with Crippen molar-refractivity contribution in [1.29, 1.82) is 0 Å². The molecule has 0 bridgehead atoms. The summed E-state index contributed by atoms with van der Waals surface area (Å²) < 4.78 is 2.09. The molecule has 4 nitrogen and oxygen atoms in total. The van der Waals surface area contributed by atoms with E-state index in [0.29, 0.717) is 5.56 Å². The predicted octanol–water partition coefficient (Wildman–Crippen LogP) is 4.74. The number of imidazole rings is 1. The topological polar surface area (TPSA) is 47.8 Å². The summed E-state index contributed by atoms with van der Waals surface area (Å²) in [4.78, 5) is 20.4. The lowest BCUT2D eigenvalue weighted by molar-refractivity contribution is 0.112. The Kier molecular flexibility index (Phi) is 4.22. The summed E-state index contributed by atoms with van der Waals surface area (Å²) in [7, 11) is 2.02. The molecule has 26 heavy (non-hydrogen) atoms. The average molecular weight is 359 g/mol. The maximum absolute atomic E-state index is 10.9. The van der Waals surface area contributed by atoms with Crippen LogP contribution in [0.25, 0.3) is 22.7 Å². The monoisotopic (exact) mass is 359 g/mol. The molecule has 0 aliphatic carbocycles. The minimum atomic E-state index is 0.663. The molecule has 0 amide bonds. The average Bonchev–Trinajstić information content (AvgIpc) is 3.24. The van der Waals surface area contributed by atoms with Crippen molar-refractivity contribution in [2.45, 2.75) is 6.92 Å². The third-order valence-electron chi connectivity index (χ3n) is 4.26. The Morgan fingerprint density at radius 3 is 2.42 bits per heavy atom. The lowest BCUT2D eigenvalue weighted by atomic mass is 10.1. The number of carbonyl (C=O) groups is 1. The van der Waals surface area contributed by atoms with Crippen LogP contribution in [0, 0.1) is 6.92 Å². The largest absolute Gasteiger partial charge is 0.327 e. The maximum atomic E-state index is 10.9. The van der Waals surface area contributed by atoms with Gasteiger partial charge in [-0.2, -0.15) is 0 Å². The van der Waals surface area contributed by atoms with E-state index in [-0.39, 0.29) is 0 Å². The van der Waals surface area contributed by atoms with E-state index in [1.54, 1.807) is 11.3 Å². The summed E-state index contributed by atoms with van der Waals surface area (Å²) in [6.07, 6.45) is 2.93. The van der Waals surface area contributed by atoms with Crippen LogP contribution in [-0.2, 0) is 7.05 Å². The molecule has 0 aliphatic rings. The van der Waals surface area contributed by atoms with Crippen LogP contribution < -0.4 is 0 Å². The molecule has 0 atom stereocenters. The van der Waals surface area contributed by atoms with Crippen LogP contribution in [0.4, 0.5) is 0 Å². The Morgan fingerprint density at radius 2 is 1.77 bits per heavy atom. The Labute approximate surface area is 155 Å². The zero-order chi connectivity index (χ0) is 18.1. The van der Waals surface area contributed by atoms with Crippen molar-refractivity contribution in [2.75, 3.05) is 0 Å². The molecule has 5 heteroatoms. The fourth-order valence-electron chi connectivity index (χ4n) is 2.92. The summed E-state index contributed by atoms with van der Waals surface area (Å²) in [5.74, 6) is 0.875. The fraction of sp³-hybridized carbons (Fsp3) is 0.0952. The van der Waals surface area contributed by atoms with Crippen molar-refractivity contribution in [3.05, 3.63) is 81.6 Å². The highest BCUT2D eigenvalue weighted by Crippen LogP contribution is 2.30. The van der Waals surface area contributed by atoms with Gasteiger partial charge in [0.15, 0.2) is 0 Å². The van der Waals surface area contributed by atoms with E-state index in [9.17, 15) is 4.79 Å². The van der Waals surface area contributed by atoms with Gasteiger partial charge in [0.1, 0.15) is 17.1 Å². The first kappa shape index (κ1) is 16.4. The number of para-hydroxylation sites is 2. The molecule has 128 valence electrons. The number of carbonyl (C=O) groups excluding carboxylic acids is 1. The van der Waals surface area contributed by atoms with Crippen LogP contribution in [0.3, 0.4) is 0 Å². The van der Waals surface area contributed by atoms with Crippen LogP contribution in [0.5, 0.6) is 0 Å². The lowest BCUT2D eigenvalue weighted by Crippen LogP contribution is -1.99. The van der Waals surface area contributed by atoms with Gasteiger partial charge in [-0.1, -0.05) is 36.4 Å². The third kappa shape index (κ3) is 2.97. The molecular weight excluding hydrogens is 342 g/mol. The first-order chi connectivity index (χ1) is 12.7. The molecule has 0 radical (unpaired) electrons. The number of fused-ring (bicyclic) bond motifs is 1. The van der Waals surface area contributed by atoms with E-state index >= 15 is 0 Å². The molecule has 0 saturated heterocycles. The van der Waals surface area contributed by atoms with Crippen LogP contribution in [0.1, 0.15) is 32.4 Å². The number of thiazole rings is 1. The molecule has 0 unspecified atom stereocenters. The molecule has 0 fully saturated rings. The Morgan fingerprint density at radius 1 is 1.04 bits per heavy atom. The number of nitrogens with zero attached hydrogens (tertiary/aromatic N) is 3. The Balaban J connectivity index is 1.91. The summed E-state index contributed by atoms with van der Waals surface area (Å²) in [6.45, 7) is 1.99. The van der Waals surface area contributed by atoms with Gasteiger partial charge in [0, 0.05) is 23.7 Å². The van der Waals surface area contributed by atoms with Gasteiger partial charge in [0.25, 0.3) is 0 Å². The van der Waals surface area contributed by atoms with Crippen molar-refractivity contribution >= 4 is 40.3 Å². The predicted molar refractivity (Wildman–Crippen MR) is 106 cm³/mol. The summed E-state index contributed by atoms with van der Waals surface area (Å²) >= 11 is 1.61. The first-order valence-electron chi connectivity index (χ1n) is 8.27. The quantitative estimate of drug-likeness (QED) is 0.495. The third-order valence-corrected chi connectivity index (χ3v) is 5.25. The fourth-order valence-corrected chi connectivity index (χ4v) is 3.73. The number of hydrogen-bond donors (Lipinski definition) is 0. The van der Waals surface area contributed by atoms with Crippen LogP contribution in [0.2, 0.25) is 0 Å². The molecule has 0 N–H and O–H groups in total. The van der Waals surface area contributed by atoms with Crippen molar-refractivity contribution in [3.63, 3.8) is 0 Å². The normalized spacial score (nSPS) is 11.8. The molecule has 4 rings (SSSR count). The van der Waals surface area contributed by atoms with Crippen molar-refractivity contribution < 1.29 is 4.79 Å². The number of rotatable bonds is 4. The molecule has 2 aromatic carbocycles. The molecule has 2 heterocycles. The number of aryl methyl sites for hydroxylation is 2. The highest BCUT2D eigenvalue weighted by molar-refractivity contribution is 7.11. The second kappa shape index (κ2) is 6.69. The van der Waals surface area contributed by atoms with E-state index in [2.05, 4.69) is 21.7 Å². The van der Waals surface area contributed by atoms with Crippen LogP contribution in [0.15, 0.2) is 53.9 Å². The van der Waals surface area contributed by atoms with E-state index < -0.39 is 0 Å². The van der Waals surface area contributed by atoms with Gasteiger partial charge in [-0.15, -0.1) is 11.3 Å². The van der Waals surface area contributed by atoms with E-state index in [1.807, 2.05) is 61.8 Å². The lowest BCUT2D eigenvalue weighted by Gasteiger charge is -2.06. The summed E-state index contributed by atoms with van der Waals surface area (Å²) in [5, 5.41) is 2.97. The second-order valence-corrected chi connectivity index (χ2v) is 6.98. The number of aldehydes is 1. The van der Waals surface area contributed by atoms with Gasteiger partial charge in [-0.05, 0) is 30.7 Å². The van der Waals surface area contributed by atoms with E-state index in [1.165, 1.54) is 0 Å². The highest BCUT2D eigenvalue weighted by Gasteiger charge is 2.16. The molecular formula is C21H17N3OS. The maximum Gasteiger partial charge on any atom is 0.150 e. The highest BCUT2D eigenvalue weighted by atomic mass is 32.1. The van der Waals surface area contributed by atoms with E-state index in [4.69, 9.17) is 4.98 Å². The van der Waals surface area contributed by atoms with Gasteiger partial charge in [-0.3, -0.25) is 4.79 Å². The van der Waals surface area contributed by atoms with Crippen molar-refractivity contribution in [1.82, 2.24) is 14.5 Å². The second-order valence-electron chi connectivity index (χ2n) is 6.12. The molecule has 0 spiro atoms. The van der Waals surface area contributed by atoms with Crippen LogP contribution >= 0.6 is 11.3 Å². The number of hydrogen-bond acceptors (Lipinski definition) is 4. The van der Waals surface area contributed by atoms with Gasteiger partial charge in [-0.25, -0.2) is 9.97 Å². The number of aromatic nitrogens is 3. The van der Waals surface area contributed by atoms with E-state index in [0.717, 1.165) is 45.0 Å². The molecule has 0 saturated carbocycles. The number of benzene rings is 2. The smallest absolute Gasteiger partial charge is 0.150 e. The Hall–Kier alpha value is -3.05. The van der Waals surface area contributed by atoms with Crippen LogP contribution in [-0.4, -0.2) is 20.8 Å². The van der Waals surface area contributed by atoms with Crippen molar-refractivity contribution in [2.24, 2.45) is 7.05 Å². The standard InChI is InChI=1S/C21H17N3OS/c1-14-13-26-21(22-14)17(11-15-7-9-16(12-25)10-8-15)20-23-18-5-3-4-6-19(18)24(20)2/h3-13H,1-2H3/b17-11+. The zero-order valence-corrected chi connectivity index (χ0v) is 15.3. The molecule has 4 aromatic rings.